The quantitative estimate of drug-likeness (QED) is 0.775. The summed E-state index contributed by atoms with van der Waals surface area (Å²) in [6, 6.07) is 11.1. The van der Waals surface area contributed by atoms with Crippen LogP contribution in [-0.2, 0) is 6.54 Å². The van der Waals surface area contributed by atoms with E-state index in [9.17, 15) is 0 Å². The van der Waals surface area contributed by atoms with Crippen molar-refractivity contribution in [3.05, 3.63) is 35.9 Å². The highest BCUT2D eigenvalue weighted by Crippen LogP contribution is 2.01. The standard InChI is InChI=1S/C8H11N.C5H11N/c1-9-7-8-5-3-2-4-6-8;1-5-3-2-4-6-5/h2-6,9H,7H2,1H3;5-6H,2-4H2,1H3. The monoisotopic (exact) mass is 206 g/mol. The Bertz CT molecular complexity index is 240. The zero-order valence-corrected chi connectivity index (χ0v) is 9.79. The van der Waals surface area contributed by atoms with Crippen molar-refractivity contribution in [3.63, 3.8) is 0 Å². The minimum Gasteiger partial charge on any atom is -0.316 e. The van der Waals surface area contributed by atoms with Crippen LogP contribution in [-0.4, -0.2) is 19.6 Å². The van der Waals surface area contributed by atoms with Gasteiger partial charge in [-0.05, 0) is 38.9 Å². The molecule has 1 unspecified atom stereocenters. The summed E-state index contributed by atoms with van der Waals surface area (Å²) in [6.07, 6.45) is 2.75. The van der Waals surface area contributed by atoms with Crippen LogP contribution in [0.3, 0.4) is 0 Å². The van der Waals surface area contributed by atoms with E-state index in [0.29, 0.717) is 0 Å². The van der Waals surface area contributed by atoms with Crippen molar-refractivity contribution in [2.75, 3.05) is 13.6 Å². The average molecular weight is 206 g/mol. The molecule has 0 radical (unpaired) electrons. The Morgan fingerprint density at radius 3 is 2.47 bits per heavy atom. The Hall–Kier alpha value is -0.860. The molecular formula is C13H22N2. The fourth-order valence-corrected chi connectivity index (χ4v) is 1.66. The van der Waals surface area contributed by atoms with Crippen molar-refractivity contribution in [2.45, 2.75) is 32.4 Å². The summed E-state index contributed by atoms with van der Waals surface area (Å²) in [5.74, 6) is 0. The Kier molecular flexibility index (Phi) is 6.05. The van der Waals surface area contributed by atoms with Gasteiger partial charge in [0, 0.05) is 12.6 Å². The van der Waals surface area contributed by atoms with Gasteiger partial charge in [0.05, 0.1) is 0 Å². The molecule has 2 N–H and O–H groups in total. The molecule has 84 valence electrons. The number of nitrogens with one attached hydrogen (secondary N) is 2. The van der Waals surface area contributed by atoms with E-state index in [1.54, 1.807) is 0 Å². The maximum Gasteiger partial charge on any atom is 0.0202 e. The molecule has 0 bridgehead atoms. The molecule has 1 aliphatic rings. The van der Waals surface area contributed by atoms with Crippen molar-refractivity contribution in [3.8, 4) is 0 Å². The Morgan fingerprint density at radius 2 is 2.07 bits per heavy atom. The van der Waals surface area contributed by atoms with Gasteiger partial charge in [0.1, 0.15) is 0 Å². The number of hydrogen-bond donors (Lipinski definition) is 2. The number of rotatable bonds is 2. The van der Waals surface area contributed by atoms with Gasteiger partial charge in [-0.3, -0.25) is 0 Å². The van der Waals surface area contributed by atoms with Crippen molar-refractivity contribution in [1.29, 1.82) is 0 Å². The second-order valence-corrected chi connectivity index (χ2v) is 4.01. The maximum atomic E-state index is 3.32. The van der Waals surface area contributed by atoms with Crippen LogP contribution in [0.1, 0.15) is 25.3 Å². The van der Waals surface area contributed by atoms with Gasteiger partial charge in [-0.15, -0.1) is 0 Å². The van der Waals surface area contributed by atoms with E-state index in [1.807, 2.05) is 25.2 Å². The Morgan fingerprint density at radius 1 is 1.33 bits per heavy atom. The highest BCUT2D eigenvalue weighted by Gasteiger charge is 2.05. The largest absolute Gasteiger partial charge is 0.316 e. The van der Waals surface area contributed by atoms with Crippen molar-refractivity contribution < 1.29 is 0 Å². The van der Waals surface area contributed by atoms with Crippen LogP contribution in [0.4, 0.5) is 0 Å². The molecule has 1 aromatic rings. The molecule has 1 heterocycles. The lowest BCUT2D eigenvalue weighted by molar-refractivity contribution is 0.664. The third kappa shape index (κ3) is 5.55. The summed E-state index contributed by atoms with van der Waals surface area (Å²) in [6.45, 7) is 4.43. The molecule has 1 atom stereocenters. The van der Waals surface area contributed by atoms with Gasteiger partial charge in [-0.2, -0.15) is 0 Å². The summed E-state index contributed by atoms with van der Waals surface area (Å²) in [4.78, 5) is 0. The molecule has 0 saturated carbocycles. The maximum absolute atomic E-state index is 3.32. The number of benzene rings is 1. The van der Waals surface area contributed by atoms with E-state index in [4.69, 9.17) is 0 Å². The molecule has 0 aromatic heterocycles. The molecular weight excluding hydrogens is 184 g/mol. The summed E-state index contributed by atoms with van der Waals surface area (Å²) in [5.41, 5.74) is 1.33. The van der Waals surface area contributed by atoms with Gasteiger partial charge in [0.15, 0.2) is 0 Å². The van der Waals surface area contributed by atoms with Crippen LogP contribution >= 0.6 is 0 Å². The molecule has 2 nitrogen and oxygen atoms in total. The van der Waals surface area contributed by atoms with E-state index >= 15 is 0 Å². The first-order valence-electron chi connectivity index (χ1n) is 5.75. The molecule has 1 saturated heterocycles. The van der Waals surface area contributed by atoms with Gasteiger partial charge in [-0.25, -0.2) is 0 Å². The van der Waals surface area contributed by atoms with Crippen LogP contribution in [0.5, 0.6) is 0 Å². The van der Waals surface area contributed by atoms with E-state index in [-0.39, 0.29) is 0 Å². The smallest absolute Gasteiger partial charge is 0.0202 e. The first-order chi connectivity index (χ1) is 7.33. The minimum absolute atomic E-state index is 0.796. The minimum atomic E-state index is 0.796. The van der Waals surface area contributed by atoms with Crippen LogP contribution in [0.25, 0.3) is 0 Å². The lowest BCUT2D eigenvalue weighted by Crippen LogP contribution is -2.16. The molecule has 2 heteroatoms. The Balaban J connectivity index is 0.000000162. The molecule has 1 fully saturated rings. The molecule has 0 spiro atoms. The molecule has 0 amide bonds. The van der Waals surface area contributed by atoms with E-state index < -0.39 is 0 Å². The lowest BCUT2D eigenvalue weighted by Gasteiger charge is -1.95. The van der Waals surface area contributed by atoms with E-state index in [1.165, 1.54) is 24.9 Å². The zero-order valence-electron chi connectivity index (χ0n) is 9.79. The van der Waals surface area contributed by atoms with Gasteiger partial charge in [-0.1, -0.05) is 30.3 Å². The summed E-state index contributed by atoms with van der Waals surface area (Å²) < 4.78 is 0. The topological polar surface area (TPSA) is 24.1 Å². The second kappa shape index (κ2) is 7.43. The number of hydrogen-bond acceptors (Lipinski definition) is 2. The summed E-state index contributed by atoms with van der Waals surface area (Å²) in [7, 11) is 1.95. The second-order valence-electron chi connectivity index (χ2n) is 4.01. The van der Waals surface area contributed by atoms with Crippen LogP contribution in [0.15, 0.2) is 30.3 Å². The normalized spacial score (nSPS) is 19.5. The third-order valence-electron chi connectivity index (χ3n) is 2.53. The van der Waals surface area contributed by atoms with Crippen molar-refractivity contribution >= 4 is 0 Å². The van der Waals surface area contributed by atoms with Gasteiger partial charge in [0.2, 0.25) is 0 Å². The van der Waals surface area contributed by atoms with Gasteiger partial charge in [0.25, 0.3) is 0 Å². The fraction of sp³-hybridized carbons (Fsp3) is 0.538. The van der Waals surface area contributed by atoms with Gasteiger partial charge < -0.3 is 10.6 Å². The zero-order chi connectivity index (χ0) is 10.9. The predicted octanol–water partition coefficient (Wildman–Crippen LogP) is 2.16. The average Bonchev–Trinajstić information content (AvgIpc) is 2.72. The highest BCUT2D eigenvalue weighted by atomic mass is 14.9. The first kappa shape index (κ1) is 12.2. The Labute approximate surface area is 93.1 Å². The van der Waals surface area contributed by atoms with Crippen LogP contribution < -0.4 is 10.6 Å². The van der Waals surface area contributed by atoms with Crippen LogP contribution in [0, 0.1) is 0 Å². The molecule has 2 rings (SSSR count). The molecule has 1 aliphatic heterocycles. The summed E-state index contributed by atoms with van der Waals surface area (Å²) in [5, 5.41) is 6.40. The predicted molar refractivity (Wildman–Crippen MR) is 65.9 cm³/mol. The molecule has 0 aliphatic carbocycles. The fourth-order valence-electron chi connectivity index (χ4n) is 1.66. The van der Waals surface area contributed by atoms with E-state index in [0.717, 1.165) is 12.6 Å². The third-order valence-corrected chi connectivity index (χ3v) is 2.53. The van der Waals surface area contributed by atoms with E-state index in [2.05, 4.69) is 29.7 Å². The van der Waals surface area contributed by atoms with Crippen LogP contribution in [0.2, 0.25) is 0 Å². The molecule has 15 heavy (non-hydrogen) atoms. The van der Waals surface area contributed by atoms with Crippen molar-refractivity contribution in [1.82, 2.24) is 10.6 Å². The highest BCUT2D eigenvalue weighted by molar-refractivity contribution is 5.13. The summed E-state index contributed by atoms with van der Waals surface area (Å²) >= 11 is 0. The van der Waals surface area contributed by atoms with Crippen molar-refractivity contribution in [2.24, 2.45) is 0 Å². The SMILES string of the molecule is CC1CCCN1.CNCc1ccccc1. The van der Waals surface area contributed by atoms with Gasteiger partial charge >= 0.3 is 0 Å². The first-order valence-corrected chi connectivity index (χ1v) is 5.75. The molecule has 1 aromatic carbocycles. The lowest BCUT2D eigenvalue weighted by atomic mass is 10.2.